The van der Waals surface area contributed by atoms with Gasteiger partial charge in [0.05, 0.1) is 11.1 Å². The Morgan fingerprint density at radius 1 is 1.53 bits per heavy atom. The fraction of sp³-hybridized carbons (Fsp3) is 0.300. The van der Waals surface area contributed by atoms with Crippen LogP contribution in [0.3, 0.4) is 0 Å². The second-order valence-corrected chi connectivity index (χ2v) is 3.85. The molecular formula is C10H13N3O2. The van der Waals surface area contributed by atoms with Crippen LogP contribution in [0.5, 0.6) is 0 Å². The predicted molar refractivity (Wildman–Crippen MR) is 57.4 cm³/mol. The van der Waals surface area contributed by atoms with Crippen LogP contribution in [0, 0.1) is 0 Å². The summed E-state index contributed by atoms with van der Waals surface area (Å²) in [4.78, 5) is 13.5. The van der Waals surface area contributed by atoms with Gasteiger partial charge in [0.25, 0.3) is 0 Å². The summed E-state index contributed by atoms with van der Waals surface area (Å²) in [5.74, 6) is -0.464. The maximum Gasteiger partial charge on any atom is 0.417 e. The monoisotopic (exact) mass is 207 g/mol. The molecule has 5 nitrogen and oxygen atoms in total. The van der Waals surface area contributed by atoms with Crippen LogP contribution in [0.1, 0.15) is 12.5 Å². The standard InChI is InChI=1S/C10H13N3O2/c1-10(12,5-11)6-2-3-8-7(4-6)13-9(14)15-8/h2-4H,5,11-12H2,1H3,(H,13,14). The molecule has 0 aliphatic rings. The van der Waals surface area contributed by atoms with Gasteiger partial charge in [-0.1, -0.05) is 6.07 Å². The summed E-state index contributed by atoms with van der Waals surface area (Å²) in [7, 11) is 0. The lowest BCUT2D eigenvalue weighted by molar-refractivity contribution is 0.508. The number of H-pyrrole nitrogens is 1. The third-order valence-corrected chi connectivity index (χ3v) is 2.50. The Hall–Kier alpha value is -1.59. The highest BCUT2D eigenvalue weighted by Crippen LogP contribution is 2.20. The molecule has 0 saturated heterocycles. The molecule has 1 atom stereocenters. The van der Waals surface area contributed by atoms with Gasteiger partial charge in [-0.05, 0) is 24.6 Å². The highest BCUT2D eigenvalue weighted by atomic mass is 16.4. The van der Waals surface area contributed by atoms with Crippen molar-refractivity contribution in [3.8, 4) is 0 Å². The summed E-state index contributed by atoms with van der Waals surface area (Å²) < 4.78 is 4.89. The van der Waals surface area contributed by atoms with Crippen molar-refractivity contribution in [2.75, 3.05) is 6.54 Å². The zero-order valence-corrected chi connectivity index (χ0v) is 8.41. The zero-order chi connectivity index (χ0) is 11.1. The molecular weight excluding hydrogens is 194 g/mol. The molecule has 5 heteroatoms. The fourth-order valence-corrected chi connectivity index (χ4v) is 1.43. The van der Waals surface area contributed by atoms with E-state index in [1.807, 2.05) is 13.0 Å². The van der Waals surface area contributed by atoms with Crippen LogP contribution in [0.2, 0.25) is 0 Å². The Morgan fingerprint density at radius 2 is 2.27 bits per heavy atom. The Kier molecular flexibility index (Phi) is 2.13. The van der Waals surface area contributed by atoms with E-state index in [2.05, 4.69) is 4.98 Å². The number of hydrogen-bond donors (Lipinski definition) is 3. The number of aromatic amines is 1. The lowest BCUT2D eigenvalue weighted by Crippen LogP contribution is -2.40. The molecule has 15 heavy (non-hydrogen) atoms. The lowest BCUT2D eigenvalue weighted by atomic mass is 9.93. The van der Waals surface area contributed by atoms with E-state index in [0.29, 0.717) is 17.6 Å². The van der Waals surface area contributed by atoms with Crippen molar-refractivity contribution in [3.63, 3.8) is 0 Å². The van der Waals surface area contributed by atoms with Crippen LogP contribution < -0.4 is 17.2 Å². The quantitative estimate of drug-likeness (QED) is 0.657. The minimum Gasteiger partial charge on any atom is -0.408 e. The second-order valence-electron chi connectivity index (χ2n) is 3.85. The van der Waals surface area contributed by atoms with Gasteiger partial charge in [0.15, 0.2) is 5.58 Å². The Morgan fingerprint density at radius 3 is 2.93 bits per heavy atom. The highest BCUT2D eigenvalue weighted by molar-refractivity contribution is 5.73. The first-order valence-corrected chi connectivity index (χ1v) is 4.65. The molecule has 0 amide bonds. The average molecular weight is 207 g/mol. The van der Waals surface area contributed by atoms with E-state index in [9.17, 15) is 4.79 Å². The molecule has 2 aromatic rings. The van der Waals surface area contributed by atoms with Crippen molar-refractivity contribution in [1.82, 2.24) is 4.98 Å². The van der Waals surface area contributed by atoms with Gasteiger partial charge in [0.2, 0.25) is 0 Å². The summed E-state index contributed by atoms with van der Waals surface area (Å²) in [5.41, 5.74) is 13.0. The minimum absolute atomic E-state index is 0.334. The van der Waals surface area contributed by atoms with Crippen molar-refractivity contribution in [2.45, 2.75) is 12.5 Å². The Bertz CT molecular complexity index is 539. The molecule has 1 aromatic heterocycles. The summed E-state index contributed by atoms with van der Waals surface area (Å²) >= 11 is 0. The molecule has 1 aromatic carbocycles. The van der Waals surface area contributed by atoms with Crippen LogP contribution in [0.4, 0.5) is 0 Å². The lowest BCUT2D eigenvalue weighted by Gasteiger charge is -2.22. The van der Waals surface area contributed by atoms with E-state index in [1.54, 1.807) is 12.1 Å². The van der Waals surface area contributed by atoms with Gasteiger partial charge < -0.3 is 15.9 Å². The molecule has 0 bridgehead atoms. The van der Waals surface area contributed by atoms with E-state index in [1.165, 1.54) is 0 Å². The molecule has 0 radical (unpaired) electrons. The topological polar surface area (TPSA) is 98.0 Å². The molecule has 1 heterocycles. The van der Waals surface area contributed by atoms with Gasteiger partial charge in [0.1, 0.15) is 0 Å². The smallest absolute Gasteiger partial charge is 0.408 e. The molecule has 5 N–H and O–H groups in total. The normalized spacial score (nSPS) is 15.4. The summed E-state index contributed by atoms with van der Waals surface area (Å²) in [6, 6.07) is 5.31. The minimum atomic E-state index is -0.595. The Labute approximate surface area is 86.1 Å². The van der Waals surface area contributed by atoms with Gasteiger partial charge in [-0.25, -0.2) is 4.79 Å². The molecule has 0 fully saturated rings. The number of oxazole rings is 1. The number of fused-ring (bicyclic) bond motifs is 1. The maximum absolute atomic E-state index is 10.9. The highest BCUT2D eigenvalue weighted by Gasteiger charge is 2.19. The molecule has 0 aliphatic heterocycles. The average Bonchev–Trinajstić information content (AvgIpc) is 2.56. The van der Waals surface area contributed by atoms with Gasteiger partial charge in [-0.2, -0.15) is 0 Å². The second kappa shape index (κ2) is 3.22. The zero-order valence-electron chi connectivity index (χ0n) is 8.41. The molecule has 0 saturated carbocycles. The van der Waals surface area contributed by atoms with E-state index in [0.717, 1.165) is 5.56 Å². The van der Waals surface area contributed by atoms with E-state index >= 15 is 0 Å². The van der Waals surface area contributed by atoms with Crippen LogP contribution in [-0.4, -0.2) is 11.5 Å². The van der Waals surface area contributed by atoms with Gasteiger partial charge in [0, 0.05) is 6.54 Å². The molecule has 2 rings (SSSR count). The largest absolute Gasteiger partial charge is 0.417 e. The maximum atomic E-state index is 10.9. The van der Waals surface area contributed by atoms with Gasteiger partial charge in [-0.15, -0.1) is 0 Å². The van der Waals surface area contributed by atoms with E-state index < -0.39 is 11.3 Å². The summed E-state index contributed by atoms with van der Waals surface area (Å²) in [6.45, 7) is 2.17. The molecule has 80 valence electrons. The third-order valence-electron chi connectivity index (χ3n) is 2.50. The number of nitrogens with two attached hydrogens (primary N) is 2. The van der Waals surface area contributed by atoms with E-state index in [4.69, 9.17) is 15.9 Å². The first-order chi connectivity index (χ1) is 7.03. The van der Waals surface area contributed by atoms with Crippen molar-refractivity contribution in [1.29, 1.82) is 0 Å². The van der Waals surface area contributed by atoms with Crippen LogP contribution in [0.15, 0.2) is 27.4 Å². The number of aromatic nitrogens is 1. The number of benzene rings is 1. The van der Waals surface area contributed by atoms with Crippen LogP contribution in [0.25, 0.3) is 11.1 Å². The first kappa shape index (κ1) is 9.95. The van der Waals surface area contributed by atoms with Crippen molar-refractivity contribution in [3.05, 3.63) is 34.3 Å². The summed E-state index contributed by atoms with van der Waals surface area (Å²) in [6.07, 6.45) is 0. The molecule has 1 unspecified atom stereocenters. The SMILES string of the molecule is CC(N)(CN)c1ccc2oc(=O)[nH]c2c1. The number of rotatable bonds is 2. The molecule has 0 aliphatic carbocycles. The number of nitrogens with one attached hydrogen (secondary N) is 1. The van der Waals surface area contributed by atoms with Crippen molar-refractivity contribution >= 4 is 11.1 Å². The van der Waals surface area contributed by atoms with Gasteiger partial charge in [-0.3, -0.25) is 4.98 Å². The number of hydrogen-bond acceptors (Lipinski definition) is 4. The third kappa shape index (κ3) is 1.67. The fourth-order valence-electron chi connectivity index (χ4n) is 1.43. The summed E-state index contributed by atoms with van der Waals surface area (Å²) in [5, 5.41) is 0. The Balaban J connectivity index is 2.60. The first-order valence-electron chi connectivity index (χ1n) is 4.65. The molecule has 0 spiro atoms. The van der Waals surface area contributed by atoms with Crippen molar-refractivity contribution in [2.24, 2.45) is 11.5 Å². The predicted octanol–water partition coefficient (Wildman–Crippen LogP) is 0.254. The van der Waals surface area contributed by atoms with Gasteiger partial charge >= 0.3 is 5.76 Å². The van der Waals surface area contributed by atoms with Crippen molar-refractivity contribution < 1.29 is 4.42 Å². The van der Waals surface area contributed by atoms with Crippen LogP contribution >= 0.6 is 0 Å². The van der Waals surface area contributed by atoms with Crippen LogP contribution in [-0.2, 0) is 5.54 Å². The van der Waals surface area contributed by atoms with E-state index in [-0.39, 0.29) is 0 Å².